The molecule has 1 aromatic rings. The molecule has 68 valence electrons. The van der Waals surface area contributed by atoms with Gasteiger partial charge in [-0.1, -0.05) is 12.1 Å². The molecule has 4 nitrogen and oxygen atoms in total. The topological polar surface area (TPSA) is 63.6 Å². The van der Waals surface area contributed by atoms with Gasteiger partial charge in [-0.25, -0.2) is 9.59 Å². The van der Waals surface area contributed by atoms with E-state index in [-0.39, 0.29) is 0 Å². The molecule has 0 bridgehead atoms. The van der Waals surface area contributed by atoms with Crippen LogP contribution >= 0.6 is 0 Å². The number of benzene rings is 1. The number of carbonyl (C=O) groups excluding carboxylic acids is 1. The molecule has 0 heterocycles. The number of ether oxygens (including phenoxy) is 1. The second-order valence-electron chi connectivity index (χ2n) is 1.94. The number of rotatable bonds is 2. The van der Waals surface area contributed by atoms with Crippen molar-refractivity contribution in [3.8, 4) is 0 Å². The van der Waals surface area contributed by atoms with Crippen LogP contribution in [0.4, 0.5) is 0 Å². The van der Waals surface area contributed by atoms with Crippen LogP contribution in [-0.2, 0) is 4.74 Å². The Morgan fingerprint density at radius 2 is 2.08 bits per heavy atom. The standard InChI is InChI=1S/C9H8O4/c1-13-9(12)7-5-3-2-4-6(7)8(10)11/h2-5H,1H3,(H,10,11)/i1D3,2D,3D,4D,5D. The molecule has 0 amide bonds. The summed E-state index contributed by atoms with van der Waals surface area (Å²) in [5.74, 6) is -3.45. The van der Waals surface area contributed by atoms with E-state index in [1.54, 1.807) is 0 Å². The minimum Gasteiger partial charge on any atom is -0.478 e. The summed E-state index contributed by atoms with van der Waals surface area (Å²) in [4.78, 5) is 22.7. The van der Waals surface area contributed by atoms with E-state index in [1.165, 1.54) is 0 Å². The number of carboxylic acids is 1. The highest BCUT2D eigenvalue weighted by Crippen LogP contribution is 2.09. The Kier molecular flexibility index (Phi) is 0.997. The molecule has 0 atom stereocenters. The minimum atomic E-state index is -3.16. The third-order valence-corrected chi connectivity index (χ3v) is 1.20. The second-order valence-corrected chi connectivity index (χ2v) is 1.94. The zero-order chi connectivity index (χ0) is 15.8. The maximum absolute atomic E-state index is 11.6. The SMILES string of the molecule is [2H]c1c([2H])c([2H])c(C(=O)OC([2H])([2H])[2H])c(C(=O)O)c1[2H]. The van der Waals surface area contributed by atoms with Crippen LogP contribution in [0.3, 0.4) is 0 Å². The van der Waals surface area contributed by atoms with Gasteiger partial charge < -0.3 is 9.84 Å². The monoisotopic (exact) mass is 187 g/mol. The molecule has 0 saturated heterocycles. The Morgan fingerprint density at radius 3 is 2.62 bits per heavy atom. The first-order valence-electron chi connectivity index (χ1n) is 6.54. The smallest absolute Gasteiger partial charge is 0.338 e. The third kappa shape index (κ3) is 1.84. The summed E-state index contributed by atoms with van der Waals surface area (Å²) < 4.78 is 53.8. The highest BCUT2D eigenvalue weighted by atomic mass is 16.5. The molecule has 1 N–H and O–H groups in total. The molecule has 4 heteroatoms. The Balaban J connectivity index is 3.60. The fourth-order valence-electron chi connectivity index (χ4n) is 0.677. The van der Waals surface area contributed by atoms with Crippen molar-refractivity contribution in [1.29, 1.82) is 0 Å². The highest BCUT2D eigenvalue weighted by Gasteiger charge is 2.15. The van der Waals surface area contributed by atoms with Crippen molar-refractivity contribution in [2.24, 2.45) is 0 Å². The fourth-order valence-corrected chi connectivity index (χ4v) is 0.677. The van der Waals surface area contributed by atoms with Crippen molar-refractivity contribution in [1.82, 2.24) is 0 Å². The quantitative estimate of drug-likeness (QED) is 0.706. The second kappa shape index (κ2) is 3.71. The van der Waals surface area contributed by atoms with Crippen LogP contribution < -0.4 is 0 Å². The molecule has 0 aliphatic carbocycles. The first kappa shape index (κ1) is 3.49. The minimum absolute atomic E-state index is 0.849. The summed E-state index contributed by atoms with van der Waals surface area (Å²) in [6.45, 7) is 0. The van der Waals surface area contributed by atoms with Gasteiger partial charge in [-0.05, 0) is 12.1 Å². The van der Waals surface area contributed by atoms with Crippen LogP contribution in [0.2, 0.25) is 0 Å². The molecule has 13 heavy (non-hydrogen) atoms. The average Bonchev–Trinajstić information content (AvgIpc) is 2.27. The molecule has 1 aromatic carbocycles. The van der Waals surface area contributed by atoms with E-state index in [2.05, 4.69) is 4.74 Å². The molecule has 0 aromatic heterocycles. The van der Waals surface area contributed by atoms with Crippen molar-refractivity contribution in [2.75, 3.05) is 7.04 Å². The van der Waals surface area contributed by atoms with Crippen LogP contribution in [0.15, 0.2) is 24.2 Å². The molecule has 1 rings (SSSR count). The molecule has 0 spiro atoms. The van der Waals surface area contributed by atoms with Crippen molar-refractivity contribution in [3.05, 3.63) is 35.3 Å². The van der Waals surface area contributed by atoms with Gasteiger partial charge in [0.1, 0.15) is 0 Å². The Bertz CT molecular complexity index is 593. The van der Waals surface area contributed by atoms with Crippen LogP contribution in [0.25, 0.3) is 0 Å². The van der Waals surface area contributed by atoms with Crippen LogP contribution in [-0.4, -0.2) is 24.1 Å². The van der Waals surface area contributed by atoms with Gasteiger partial charge in [-0.3, -0.25) is 0 Å². The lowest BCUT2D eigenvalue weighted by Crippen LogP contribution is -2.09. The maximum atomic E-state index is 11.6. The van der Waals surface area contributed by atoms with Crippen LogP contribution in [0.1, 0.15) is 30.3 Å². The molecule has 0 unspecified atom stereocenters. The molecule has 0 aliphatic heterocycles. The van der Waals surface area contributed by atoms with Gasteiger partial charge in [0, 0.05) is 0 Å². The third-order valence-electron chi connectivity index (χ3n) is 1.20. The Hall–Kier alpha value is -1.84. The molecule has 0 fully saturated rings. The molecular formula is C9H8O4. The van der Waals surface area contributed by atoms with Gasteiger partial charge in [0.05, 0.1) is 27.8 Å². The van der Waals surface area contributed by atoms with Gasteiger partial charge in [-0.2, -0.15) is 0 Å². The van der Waals surface area contributed by atoms with E-state index < -0.39 is 54.3 Å². The van der Waals surface area contributed by atoms with Gasteiger partial charge in [-0.15, -0.1) is 0 Å². The summed E-state index contributed by atoms with van der Waals surface area (Å²) in [6.07, 6.45) is 0. The first-order valence-corrected chi connectivity index (χ1v) is 3.04. The van der Waals surface area contributed by atoms with Crippen molar-refractivity contribution in [3.63, 3.8) is 0 Å². The predicted octanol–water partition coefficient (Wildman–Crippen LogP) is 1.17. The summed E-state index contributed by atoms with van der Waals surface area (Å²) in [7, 11) is -3.16. The van der Waals surface area contributed by atoms with E-state index in [0.29, 0.717) is 0 Å². The number of methoxy groups -OCH3 is 1. The molecular weight excluding hydrogens is 172 g/mol. The van der Waals surface area contributed by atoms with Crippen molar-refractivity contribution in [2.45, 2.75) is 0 Å². The van der Waals surface area contributed by atoms with E-state index in [0.717, 1.165) is 0 Å². The predicted molar refractivity (Wildman–Crippen MR) is 44.7 cm³/mol. The number of hydrogen-bond donors (Lipinski definition) is 1. The maximum Gasteiger partial charge on any atom is 0.338 e. The van der Waals surface area contributed by atoms with E-state index in [9.17, 15) is 9.59 Å². The molecule has 0 aliphatic rings. The average molecular weight is 187 g/mol. The highest BCUT2D eigenvalue weighted by molar-refractivity contribution is 6.02. The Morgan fingerprint density at radius 1 is 1.46 bits per heavy atom. The van der Waals surface area contributed by atoms with E-state index in [1.807, 2.05) is 0 Å². The lowest BCUT2D eigenvalue weighted by molar-refractivity contribution is 0.0582. The van der Waals surface area contributed by atoms with E-state index >= 15 is 0 Å². The van der Waals surface area contributed by atoms with Gasteiger partial charge in [0.15, 0.2) is 0 Å². The summed E-state index contributed by atoms with van der Waals surface area (Å²) in [6, 6.07) is -3.65. The first-order chi connectivity index (χ1) is 8.97. The fraction of sp³-hybridized carbons (Fsp3) is 0.111. The van der Waals surface area contributed by atoms with Gasteiger partial charge in [0.25, 0.3) is 0 Å². The van der Waals surface area contributed by atoms with Crippen molar-refractivity contribution >= 4 is 11.9 Å². The van der Waals surface area contributed by atoms with Crippen LogP contribution in [0.5, 0.6) is 0 Å². The largest absolute Gasteiger partial charge is 0.478 e. The summed E-state index contributed by atoms with van der Waals surface area (Å²) in [5.41, 5.74) is -2.06. The lowest BCUT2D eigenvalue weighted by Gasteiger charge is -2.02. The number of carboxylic acid groups (broad SMARTS) is 1. The molecule has 0 radical (unpaired) electrons. The van der Waals surface area contributed by atoms with Crippen LogP contribution in [0, 0.1) is 0 Å². The number of esters is 1. The molecule has 0 saturated carbocycles. The zero-order valence-electron chi connectivity index (χ0n) is 13.2. The number of carbonyl (C=O) groups is 2. The summed E-state index contributed by atoms with van der Waals surface area (Å²) in [5, 5.41) is 8.94. The van der Waals surface area contributed by atoms with Gasteiger partial charge in [0.2, 0.25) is 0 Å². The lowest BCUT2D eigenvalue weighted by atomic mass is 10.1. The van der Waals surface area contributed by atoms with E-state index in [4.69, 9.17) is 14.7 Å². The van der Waals surface area contributed by atoms with Crippen molar-refractivity contribution < 1.29 is 29.0 Å². The normalized spacial score (nSPS) is 18.0. The Labute approximate surface area is 84.6 Å². The number of aromatic carboxylic acids is 1. The van der Waals surface area contributed by atoms with Gasteiger partial charge >= 0.3 is 11.9 Å². The zero-order valence-corrected chi connectivity index (χ0v) is 6.17. The number of hydrogen-bond acceptors (Lipinski definition) is 3. The summed E-state index contributed by atoms with van der Waals surface area (Å²) >= 11 is 0.